The van der Waals surface area contributed by atoms with Crippen LogP contribution >= 0.6 is 11.8 Å². The fourth-order valence-electron chi connectivity index (χ4n) is 2.59. The van der Waals surface area contributed by atoms with Gasteiger partial charge in [-0.15, -0.1) is 0 Å². The van der Waals surface area contributed by atoms with E-state index in [1.165, 1.54) is 11.8 Å². The van der Waals surface area contributed by atoms with Crippen molar-refractivity contribution >= 4 is 28.9 Å². The first-order chi connectivity index (χ1) is 10.5. The molecular formula is C16H18N2O3S. The van der Waals surface area contributed by atoms with Crippen molar-refractivity contribution in [2.75, 3.05) is 13.1 Å². The van der Waals surface area contributed by atoms with Crippen LogP contribution in [-0.4, -0.2) is 46.4 Å². The maximum atomic E-state index is 12.1. The molecule has 1 amide bonds. The van der Waals surface area contributed by atoms with Crippen LogP contribution in [0.15, 0.2) is 34.2 Å². The lowest BCUT2D eigenvalue weighted by atomic mass is 10.2. The summed E-state index contributed by atoms with van der Waals surface area (Å²) in [6, 6.07) is 6.74. The Kier molecular flexibility index (Phi) is 4.22. The average Bonchev–Trinajstić information content (AvgIpc) is 2.82. The molecule has 0 saturated carbocycles. The molecule has 0 spiro atoms. The van der Waals surface area contributed by atoms with E-state index in [9.17, 15) is 9.90 Å². The summed E-state index contributed by atoms with van der Waals surface area (Å²) in [5.41, 5.74) is 0.869. The van der Waals surface area contributed by atoms with Crippen LogP contribution in [0.25, 0.3) is 6.08 Å². The summed E-state index contributed by atoms with van der Waals surface area (Å²) in [7, 11) is 0. The Bertz CT molecular complexity index is 629. The predicted octanol–water partition coefficient (Wildman–Crippen LogP) is 2.47. The first kappa shape index (κ1) is 15.1. The Labute approximate surface area is 133 Å². The van der Waals surface area contributed by atoms with Gasteiger partial charge in [0.2, 0.25) is 0 Å². The second-order valence-electron chi connectivity index (χ2n) is 5.56. The van der Waals surface area contributed by atoms with Gasteiger partial charge in [0.15, 0.2) is 5.17 Å². The molecule has 3 rings (SSSR count). The van der Waals surface area contributed by atoms with Gasteiger partial charge in [-0.3, -0.25) is 4.79 Å². The number of thioether (sulfide) groups is 1. The van der Waals surface area contributed by atoms with Crippen LogP contribution in [0.2, 0.25) is 0 Å². The number of carbonyl (C=O) groups excluding carboxylic acids is 1. The Morgan fingerprint density at radius 2 is 1.91 bits per heavy atom. The second kappa shape index (κ2) is 6.14. The molecule has 2 aliphatic rings. The normalized spacial score (nSPS) is 27.4. The molecule has 1 N–H and O–H groups in total. The number of hydrogen-bond acceptors (Lipinski definition) is 5. The third kappa shape index (κ3) is 3.34. The molecular weight excluding hydrogens is 300 g/mol. The SMILES string of the molecule is C[C@@H]1CN(C2=NC(=O)/C(=C/c3ccc(O)cc3)S2)C[C@H](C)O1. The van der Waals surface area contributed by atoms with Crippen molar-refractivity contribution in [3.05, 3.63) is 34.7 Å². The van der Waals surface area contributed by atoms with Crippen LogP contribution in [0.1, 0.15) is 19.4 Å². The Morgan fingerprint density at radius 3 is 2.55 bits per heavy atom. The van der Waals surface area contributed by atoms with E-state index in [-0.39, 0.29) is 23.9 Å². The molecule has 0 unspecified atom stereocenters. The molecule has 1 fully saturated rings. The minimum absolute atomic E-state index is 0.132. The van der Waals surface area contributed by atoms with E-state index in [0.29, 0.717) is 4.91 Å². The monoisotopic (exact) mass is 318 g/mol. The third-order valence-corrected chi connectivity index (χ3v) is 4.53. The molecule has 1 saturated heterocycles. The molecule has 2 aliphatic heterocycles. The van der Waals surface area contributed by atoms with E-state index in [1.54, 1.807) is 30.3 Å². The van der Waals surface area contributed by atoms with Crippen LogP contribution in [-0.2, 0) is 9.53 Å². The van der Waals surface area contributed by atoms with Crippen molar-refractivity contribution in [1.82, 2.24) is 4.90 Å². The number of nitrogens with zero attached hydrogens (tertiary/aromatic N) is 2. The molecule has 2 heterocycles. The zero-order valence-corrected chi connectivity index (χ0v) is 13.3. The van der Waals surface area contributed by atoms with Crippen LogP contribution in [0, 0.1) is 0 Å². The summed E-state index contributed by atoms with van der Waals surface area (Å²) in [5, 5.41) is 10.0. The van der Waals surface area contributed by atoms with Gasteiger partial charge in [-0.2, -0.15) is 4.99 Å². The van der Waals surface area contributed by atoms with Crippen molar-refractivity contribution in [2.24, 2.45) is 4.99 Å². The van der Waals surface area contributed by atoms with E-state index in [4.69, 9.17) is 4.74 Å². The van der Waals surface area contributed by atoms with Crippen molar-refractivity contribution in [3.63, 3.8) is 0 Å². The van der Waals surface area contributed by atoms with Crippen molar-refractivity contribution in [2.45, 2.75) is 26.1 Å². The molecule has 116 valence electrons. The maximum absolute atomic E-state index is 12.1. The molecule has 0 bridgehead atoms. The Balaban J connectivity index is 1.74. The number of amides is 1. The molecule has 0 aromatic heterocycles. The first-order valence-electron chi connectivity index (χ1n) is 7.23. The Hall–Kier alpha value is -1.79. The summed E-state index contributed by atoms with van der Waals surface area (Å²) < 4.78 is 5.71. The predicted molar refractivity (Wildman–Crippen MR) is 87.7 cm³/mol. The lowest BCUT2D eigenvalue weighted by Crippen LogP contribution is -2.47. The van der Waals surface area contributed by atoms with E-state index >= 15 is 0 Å². The number of aliphatic imine (C=N–C) groups is 1. The summed E-state index contributed by atoms with van der Waals surface area (Å²) in [5.74, 6) is 0.000607. The van der Waals surface area contributed by atoms with Crippen LogP contribution < -0.4 is 0 Å². The fraction of sp³-hybridized carbons (Fsp3) is 0.375. The van der Waals surface area contributed by atoms with Gasteiger partial charge in [0.25, 0.3) is 5.91 Å². The highest BCUT2D eigenvalue weighted by Crippen LogP contribution is 2.31. The molecule has 0 aliphatic carbocycles. The quantitative estimate of drug-likeness (QED) is 0.806. The van der Waals surface area contributed by atoms with Gasteiger partial charge in [-0.1, -0.05) is 12.1 Å². The van der Waals surface area contributed by atoms with Gasteiger partial charge in [-0.25, -0.2) is 0 Å². The van der Waals surface area contributed by atoms with Gasteiger partial charge < -0.3 is 14.7 Å². The second-order valence-corrected chi connectivity index (χ2v) is 6.57. The fourth-order valence-corrected chi connectivity index (χ4v) is 3.52. The molecule has 2 atom stereocenters. The van der Waals surface area contributed by atoms with Gasteiger partial charge in [0.1, 0.15) is 5.75 Å². The van der Waals surface area contributed by atoms with Crippen molar-refractivity contribution < 1.29 is 14.6 Å². The largest absolute Gasteiger partial charge is 0.508 e. The van der Waals surface area contributed by atoms with Gasteiger partial charge in [-0.05, 0) is 49.4 Å². The minimum Gasteiger partial charge on any atom is -0.508 e. The number of rotatable bonds is 1. The zero-order valence-electron chi connectivity index (χ0n) is 12.5. The number of hydrogen-bond donors (Lipinski definition) is 1. The summed E-state index contributed by atoms with van der Waals surface area (Å²) in [4.78, 5) is 19.0. The van der Waals surface area contributed by atoms with E-state index < -0.39 is 0 Å². The lowest BCUT2D eigenvalue weighted by molar-refractivity contribution is -0.113. The number of morpholine rings is 1. The molecule has 22 heavy (non-hydrogen) atoms. The number of amidine groups is 1. The van der Waals surface area contributed by atoms with Crippen LogP contribution in [0.4, 0.5) is 0 Å². The van der Waals surface area contributed by atoms with Gasteiger partial charge >= 0.3 is 0 Å². The molecule has 1 aromatic rings. The number of carbonyl (C=O) groups is 1. The molecule has 1 aromatic carbocycles. The van der Waals surface area contributed by atoms with Gasteiger partial charge in [0.05, 0.1) is 17.1 Å². The number of aromatic hydroxyl groups is 1. The lowest BCUT2D eigenvalue weighted by Gasteiger charge is -2.35. The van der Waals surface area contributed by atoms with Crippen molar-refractivity contribution in [1.29, 1.82) is 0 Å². The smallest absolute Gasteiger partial charge is 0.286 e. The Morgan fingerprint density at radius 1 is 1.27 bits per heavy atom. The number of phenols is 1. The topological polar surface area (TPSA) is 62.1 Å². The van der Waals surface area contributed by atoms with E-state index in [2.05, 4.69) is 9.89 Å². The number of benzene rings is 1. The molecule has 6 heteroatoms. The maximum Gasteiger partial charge on any atom is 0.286 e. The minimum atomic E-state index is -0.208. The van der Waals surface area contributed by atoms with Crippen LogP contribution in [0.5, 0.6) is 5.75 Å². The standard InChI is InChI=1S/C16H18N2O3S/c1-10-8-18(9-11(2)21-10)16-17-15(20)14(22-16)7-12-3-5-13(19)6-4-12/h3-7,10-11,19H,8-9H2,1-2H3/b14-7-/t10-,11+. The highest BCUT2D eigenvalue weighted by Gasteiger charge is 2.30. The molecule has 5 nitrogen and oxygen atoms in total. The molecule has 0 radical (unpaired) electrons. The number of ether oxygens (including phenoxy) is 1. The average molecular weight is 318 g/mol. The summed E-state index contributed by atoms with van der Waals surface area (Å²) in [6.45, 7) is 5.54. The summed E-state index contributed by atoms with van der Waals surface area (Å²) >= 11 is 1.40. The highest BCUT2D eigenvalue weighted by molar-refractivity contribution is 8.18. The van der Waals surface area contributed by atoms with Crippen molar-refractivity contribution in [3.8, 4) is 5.75 Å². The zero-order chi connectivity index (χ0) is 15.7. The van der Waals surface area contributed by atoms with Gasteiger partial charge in [0, 0.05) is 13.1 Å². The van der Waals surface area contributed by atoms with Crippen LogP contribution in [0.3, 0.4) is 0 Å². The number of phenolic OH excluding ortho intramolecular Hbond substituents is 1. The van der Waals surface area contributed by atoms with E-state index in [0.717, 1.165) is 23.8 Å². The first-order valence-corrected chi connectivity index (χ1v) is 8.05. The van der Waals surface area contributed by atoms with E-state index in [1.807, 2.05) is 13.8 Å². The third-order valence-electron chi connectivity index (χ3n) is 3.49. The highest BCUT2D eigenvalue weighted by atomic mass is 32.2. The summed E-state index contributed by atoms with van der Waals surface area (Å²) in [6.07, 6.45) is 2.07.